The van der Waals surface area contributed by atoms with E-state index in [0.29, 0.717) is 0 Å². The summed E-state index contributed by atoms with van der Waals surface area (Å²) in [4.78, 5) is 51.6. The van der Waals surface area contributed by atoms with E-state index in [9.17, 15) is 24.5 Å². The van der Waals surface area contributed by atoms with Gasteiger partial charge in [-0.1, -0.05) is 46.6 Å². The molecule has 0 aliphatic carbocycles. The minimum Gasteiger partial charge on any atom is -0.319 e. The first-order chi connectivity index (χ1) is 12.8. The average molecular weight is 408 g/mol. The maximum atomic E-state index is 12.6. The van der Waals surface area contributed by atoms with Crippen LogP contribution < -0.4 is 5.32 Å². The van der Waals surface area contributed by atoms with Gasteiger partial charge in [0.25, 0.3) is 5.91 Å². The second-order valence-electron chi connectivity index (χ2n) is 5.17. The molecule has 1 heterocycles. The zero-order chi connectivity index (χ0) is 19.7. The van der Waals surface area contributed by atoms with Crippen molar-refractivity contribution in [2.45, 2.75) is 0 Å². The molecule has 0 unspecified atom stereocenters. The van der Waals surface area contributed by atoms with E-state index in [1.165, 1.54) is 12.1 Å². The van der Waals surface area contributed by atoms with Gasteiger partial charge in [-0.3, -0.25) is 19.7 Å². The van der Waals surface area contributed by atoms with Gasteiger partial charge >= 0.3 is 11.7 Å². The molecule has 0 atom stereocenters. The van der Waals surface area contributed by atoms with Crippen LogP contribution in [0.2, 0.25) is 10.0 Å². The van der Waals surface area contributed by atoms with E-state index in [-0.39, 0.29) is 16.3 Å². The number of nitrogens with zero attached hydrogens (tertiary/aromatic N) is 2. The molecule has 0 saturated carbocycles. The Labute approximate surface area is 160 Å². The molecule has 0 aromatic heterocycles. The molecular weight excluding hydrogens is 401 g/mol. The third kappa shape index (κ3) is 3.37. The first kappa shape index (κ1) is 18.5. The van der Waals surface area contributed by atoms with Gasteiger partial charge in [0, 0.05) is 0 Å². The number of anilines is 1. The van der Waals surface area contributed by atoms with Crippen LogP contribution in [-0.2, 0) is 9.63 Å². The fourth-order valence-corrected chi connectivity index (χ4v) is 2.73. The molecule has 1 N–H and O–H groups in total. The molecule has 11 heteroatoms. The van der Waals surface area contributed by atoms with Crippen molar-refractivity contribution in [1.29, 1.82) is 0 Å². The van der Waals surface area contributed by atoms with Gasteiger partial charge in [-0.25, -0.2) is 4.79 Å². The van der Waals surface area contributed by atoms with Gasteiger partial charge in [0.15, 0.2) is 0 Å². The lowest BCUT2D eigenvalue weighted by Gasteiger charge is -2.17. The van der Waals surface area contributed by atoms with E-state index in [4.69, 9.17) is 23.2 Å². The summed E-state index contributed by atoms with van der Waals surface area (Å²) in [6.07, 6.45) is 0. The van der Waals surface area contributed by atoms with Crippen LogP contribution in [0.1, 0.15) is 20.7 Å². The van der Waals surface area contributed by atoms with Crippen LogP contribution >= 0.6 is 23.2 Å². The van der Waals surface area contributed by atoms with Crippen LogP contribution in [0, 0.1) is 10.1 Å². The Hall–Kier alpha value is -3.30. The fraction of sp³-hybridized carbons (Fsp3) is 0. The number of hydrogen-bond acceptors (Lipinski definition) is 7. The van der Waals surface area contributed by atoms with Gasteiger partial charge in [-0.2, -0.15) is 0 Å². The monoisotopic (exact) mass is 407 g/mol. The number of ketones is 1. The van der Waals surface area contributed by atoms with Gasteiger partial charge in [-0.15, -0.1) is 0 Å². The predicted molar refractivity (Wildman–Crippen MR) is 95.4 cm³/mol. The summed E-state index contributed by atoms with van der Waals surface area (Å²) in [5.74, 6) is -3.06. The van der Waals surface area contributed by atoms with Gasteiger partial charge in [0.1, 0.15) is 10.6 Å². The first-order valence-corrected chi connectivity index (χ1v) is 7.93. The normalized spacial score (nSPS) is 14.5. The number of halogens is 2. The van der Waals surface area contributed by atoms with Crippen LogP contribution in [0.4, 0.5) is 11.4 Å². The van der Waals surface area contributed by atoms with Crippen molar-refractivity contribution < 1.29 is 24.1 Å². The van der Waals surface area contributed by atoms with E-state index < -0.39 is 44.6 Å². The smallest absolute Gasteiger partial charge is 0.319 e. The number of benzene rings is 2. The van der Waals surface area contributed by atoms with E-state index in [1.807, 2.05) is 0 Å². The number of nitrogens with one attached hydrogen (secondary N) is 1. The summed E-state index contributed by atoms with van der Waals surface area (Å²) in [5.41, 5.74) is -2.20. The molecule has 27 heavy (non-hydrogen) atoms. The number of nitro benzene ring substituents is 1. The number of hydrogen-bond donors (Lipinski definition) is 1. The molecule has 2 aromatic carbocycles. The van der Waals surface area contributed by atoms with Crippen molar-refractivity contribution in [2.24, 2.45) is 5.16 Å². The molecule has 1 aliphatic rings. The van der Waals surface area contributed by atoms with Crippen molar-refractivity contribution in [2.75, 3.05) is 5.32 Å². The molecule has 0 bridgehead atoms. The summed E-state index contributed by atoms with van der Waals surface area (Å²) in [6, 6.07) is 8.81. The highest BCUT2D eigenvalue weighted by Crippen LogP contribution is 2.41. The lowest BCUT2D eigenvalue weighted by atomic mass is 9.98. The van der Waals surface area contributed by atoms with Crippen molar-refractivity contribution in [3.05, 3.63) is 67.7 Å². The Kier molecular flexibility index (Phi) is 4.89. The topological polar surface area (TPSA) is 128 Å². The highest BCUT2D eigenvalue weighted by Gasteiger charge is 2.39. The number of oxime groups is 1. The minimum absolute atomic E-state index is 0.131. The third-order valence-corrected chi connectivity index (χ3v) is 4.29. The molecule has 136 valence electrons. The Morgan fingerprint density at radius 3 is 2.48 bits per heavy atom. The lowest BCUT2D eigenvalue weighted by Crippen LogP contribution is -2.36. The quantitative estimate of drug-likeness (QED) is 0.472. The van der Waals surface area contributed by atoms with Crippen LogP contribution in [0.3, 0.4) is 0 Å². The van der Waals surface area contributed by atoms with E-state index in [2.05, 4.69) is 15.3 Å². The van der Waals surface area contributed by atoms with Crippen molar-refractivity contribution in [3.8, 4) is 0 Å². The molecule has 2 aromatic rings. The maximum Gasteiger partial charge on any atom is 0.365 e. The number of rotatable bonds is 3. The molecule has 9 nitrogen and oxygen atoms in total. The summed E-state index contributed by atoms with van der Waals surface area (Å²) in [7, 11) is 0. The highest BCUT2D eigenvalue weighted by molar-refractivity contribution is 6.73. The number of carbonyl (C=O) groups excluding carboxylic acids is 3. The van der Waals surface area contributed by atoms with Gasteiger partial charge < -0.3 is 10.2 Å². The number of carbonyl (C=O) groups is 3. The zero-order valence-corrected chi connectivity index (χ0v) is 14.6. The largest absolute Gasteiger partial charge is 0.365 e. The molecule has 1 amide bonds. The Morgan fingerprint density at radius 2 is 1.85 bits per heavy atom. The number of amides is 1. The molecule has 1 aliphatic heterocycles. The van der Waals surface area contributed by atoms with Crippen LogP contribution in [0.25, 0.3) is 0 Å². The Balaban J connectivity index is 2.01. The van der Waals surface area contributed by atoms with Crippen molar-refractivity contribution in [3.63, 3.8) is 0 Å². The van der Waals surface area contributed by atoms with E-state index in [0.717, 1.165) is 6.07 Å². The van der Waals surface area contributed by atoms with Crippen LogP contribution in [-0.4, -0.2) is 28.3 Å². The molecular formula is C16H7Cl2N3O6. The first-order valence-electron chi connectivity index (χ1n) is 7.18. The second-order valence-corrected chi connectivity index (χ2v) is 5.95. The van der Waals surface area contributed by atoms with Crippen molar-refractivity contribution in [1.82, 2.24) is 0 Å². The molecule has 0 fully saturated rings. The molecule has 3 rings (SSSR count). The van der Waals surface area contributed by atoms with Crippen LogP contribution in [0.5, 0.6) is 0 Å². The Morgan fingerprint density at radius 1 is 1.19 bits per heavy atom. The summed E-state index contributed by atoms with van der Waals surface area (Å²) < 4.78 is 0. The highest BCUT2D eigenvalue weighted by atomic mass is 35.5. The maximum absolute atomic E-state index is 12.6. The molecule has 0 spiro atoms. The average Bonchev–Trinajstić information content (AvgIpc) is 2.63. The van der Waals surface area contributed by atoms with Crippen molar-refractivity contribution >= 4 is 57.9 Å². The number of nitro groups is 1. The minimum atomic E-state index is -1.13. The van der Waals surface area contributed by atoms with Gasteiger partial charge in [-0.05, 0) is 18.2 Å². The van der Waals surface area contributed by atoms with Crippen LogP contribution in [0.15, 0.2) is 41.6 Å². The number of Topliss-reactive ketones (excluding diaryl/α,β-unsaturated/α-hetero) is 1. The zero-order valence-electron chi connectivity index (χ0n) is 13.1. The second kappa shape index (κ2) is 7.14. The van der Waals surface area contributed by atoms with Gasteiger partial charge in [0.2, 0.25) is 11.5 Å². The Bertz CT molecular complexity index is 1040. The van der Waals surface area contributed by atoms with Gasteiger partial charge in [0.05, 0.1) is 21.2 Å². The summed E-state index contributed by atoms with van der Waals surface area (Å²) >= 11 is 11.6. The standard InChI is InChI=1S/C16H7Cl2N3O6/c17-8-6-9-10(13(11(8)18)21(25)26)14(22)12(15(23)19-9)20-27-16(24)7-4-2-1-3-5-7/h1-6H,(H,19,23). The van der Waals surface area contributed by atoms with E-state index in [1.54, 1.807) is 18.2 Å². The number of fused-ring (bicyclic) bond motifs is 1. The lowest BCUT2D eigenvalue weighted by molar-refractivity contribution is -0.384. The summed E-state index contributed by atoms with van der Waals surface area (Å²) in [5, 5.41) is 16.1. The predicted octanol–water partition coefficient (Wildman–Crippen LogP) is 3.25. The summed E-state index contributed by atoms with van der Waals surface area (Å²) in [6.45, 7) is 0. The molecule has 0 radical (unpaired) electrons. The molecule has 0 saturated heterocycles. The SMILES string of the molecule is O=C1Nc2cc(Cl)c(Cl)c([N+](=O)[O-])c2C(=O)C1=NOC(=O)c1ccccc1. The van der Waals surface area contributed by atoms with E-state index >= 15 is 0 Å². The fourth-order valence-electron chi connectivity index (χ4n) is 2.31. The third-order valence-electron chi connectivity index (χ3n) is 3.51.